The van der Waals surface area contributed by atoms with Crippen molar-refractivity contribution in [2.75, 3.05) is 26.9 Å². The van der Waals surface area contributed by atoms with E-state index >= 15 is 0 Å². The van der Waals surface area contributed by atoms with Crippen LogP contribution in [0.4, 0.5) is 0 Å². The minimum atomic E-state index is -0.0954. The molecule has 6 heteroatoms. The van der Waals surface area contributed by atoms with Crippen LogP contribution in [0, 0.1) is 0 Å². The van der Waals surface area contributed by atoms with E-state index in [0.717, 1.165) is 19.6 Å². The summed E-state index contributed by atoms with van der Waals surface area (Å²) in [7, 11) is 1.65. The summed E-state index contributed by atoms with van der Waals surface area (Å²) in [4.78, 5) is 4.33. The maximum Gasteiger partial charge on any atom is 0.246 e. The summed E-state index contributed by atoms with van der Waals surface area (Å²) in [6.45, 7) is 4.13. The number of aromatic nitrogens is 2. The van der Waals surface area contributed by atoms with Crippen molar-refractivity contribution in [3.8, 4) is 0 Å². The highest BCUT2D eigenvalue weighted by molar-refractivity contribution is 4.96. The van der Waals surface area contributed by atoms with Crippen molar-refractivity contribution < 1.29 is 14.0 Å². The van der Waals surface area contributed by atoms with Crippen LogP contribution in [0.25, 0.3) is 0 Å². The van der Waals surface area contributed by atoms with Crippen molar-refractivity contribution in [3.05, 3.63) is 11.7 Å². The standard InChI is InChI=1S/C10H17N3O3/c1-3-8(14-2)9-12-10(16-13-9)7-6-15-5-4-11-7/h7-8,11H,3-6H2,1-2H3. The Morgan fingerprint density at radius 3 is 3.12 bits per heavy atom. The zero-order valence-electron chi connectivity index (χ0n) is 9.60. The topological polar surface area (TPSA) is 69.4 Å². The van der Waals surface area contributed by atoms with Crippen LogP contribution in [0.2, 0.25) is 0 Å². The van der Waals surface area contributed by atoms with E-state index in [0.29, 0.717) is 18.3 Å². The third-order valence-corrected chi connectivity index (χ3v) is 2.62. The van der Waals surface area contributed by atoms with Crippen LogP contribution in [0.15, 0.2) is 4.52 Å². The van der Waals surface area contributed by atoms with E-state index in [9.17, 15) is 0 Å². The van der Waals surface area contributed by atoms with Crippen LogP contribution >= 0.6 is 0 Å². The summed E-state index contributed by atoms with van der Waals surface area (Å²) in [5.74, 6) is 1.18. The van der Waals surface area contributed by atoms with Gasteiger partial charge in [0.15, 0.2) is 0 Å². The van der Waals surface area contributed by atoms with Gasteiger partial charge in [0.1, 0.15) is 12.1 Å². The van der Waals surface area contributed by atoms with E-state index in [4.69, 9.17) is 14.0 Å². The Labute approximate surface area is 94.3 Å². The fourth-order valence-electron chi connectivity index (χ4n) is 1.70. The lowest BCUT2D eigenvalue weighted by Gasteiger charge is -2.20. The number of nitrogens with zero attached hydrogens (tertiary/aromatic N) is 2. The number of hydrogen-bond donors (Lipinski definition) is 1. The summed E-state index contributed by atoms with van der Waals surface area (Å²) >= 11 is 0. The van der Waals surface area contributed by atoms with E-state index in [1.807, 2.05) is 6.92 Å². The Hall–Kier alpha value is -0.980. The van der Waals surface area contributed by atoms with Crippen molar-refractivity contribution in [1.29, 1.82) is 0 Å². The summed E-state index contributed by atoms with van der Waals surface area (Å²) < 4.78 is 15.8. The lowest BCUT2D eigenvalue weighted by molar-refractivity contribution is 0.0658. The third kappa shape index (κ3) is 2.40. The van der Waals surface area contributed by atoms with Gasteiger partial charge in [0.25, 0.3) is 0 Å². The van der Waals surface area contributed by atoms with Gasteiger partial charge in [0.2, 0.25) is 11.7 Å². The number of hydrogen-bond acceptors (Lipinski definition) is 6. The smallest absolute Gasteiger partial charge is 0.246 e. The zero-order chi connectivity index (χ0) is 11.4. The minimum Gasteiger partial charge on any atom is -0.378 e. The molecule has 1 aromatic heterocycles. The molecule has 1 fully saturated rings. The Morgan fingerprint density at radius 1 is 1.62 bits per heavy atom. The fraction of sp³-hybridized carbons (Fsp3) is 0.800. The number of methoxy groups -OCH3 is 1. The Morgan fingerprint density at radius 2 is 2.50 bits per heavy atom. The van der Waals surface area contributed by atoms with E-state index in [1.165, 1.54) is 0 Å². The van der Waals surface area contributed by atoms with Gasteiger partial charge >= 0.3 is 0 Å². The predicted octanol–water partition coefficient (Wildman–Crippen LogP) is 0.828. The molecule has 0 radical (unpaired) electrons. The van der Waals surface area contributed by atoms with E-state index in [-0.39, 0.29) is 12.1 Å². The van der Waals surface area contributed by atoms with Crippen molar-refractivity contribution in [2.45, 2.75) is 25.5 Å². The SMILES string of the molecule is CCC(OC)c1noc(C2COCCN2)n1. The van der Waals surface area contributed by atoms with Crippen molar-refractivity contribution in [1.82, 2.24) is 15.5 Å². The van der Waals surface area contributed by atoms with Crippen molar-refractivity contribution in [3.63, 3.8) is 0 Å². The zero-order valence-corrected chi connectivity index (χ0v) is 9.60. The molecule has 0 spiro atoms. The van der Waals surface area contributed by atoms with Crippen molar-refractivity contribution >= 4 is 0 Å². The van der Waals surface area contributed by atoms with Gasteiger partial charge in [-0.25, -0.2) is 0 Å². The Kier molecular flexibility index (Phi) is 3.87. The van der Waals surface area contributed by atoms with Crippen LogP contribution in [0.1, 0.15) is 37.2 Å². The average Bonchev–Trinajstić information content (AvgIpc) is 2.81. The molecule has 1 saturated heterocycles. The second-order valence-corrected chi connectivity index (χ2v) is 3.71. The predicted molar refractivity (Wildman–Crippen MR) is 55.9 cm³/mol. The molecule has 0 aliphatic carbocycles. The maximum atomic E-state index is 5.34. The molecule has 1 aromatic rings. The first-order chi connectivity index (χ1) is 7.85. The number of rotatable bonds is 4. The first-order valence-corrected chi connectivity index (χ1v) is 5.52. The second-order valence-electron chi connectivity index (χ2n) is 3.71. The molecule has 0 saturated carbocycles. The molecule has 1 aliphatic heterocycles. The molecular formula is C10H17N3O3. The molecule has 0 bridgehead atoms. The van der Waals surface area contributed by atoms with Gasteiger partial charge < -0.3 is 19.3 Å². The van der Waals surface area contributed by atoms with Gasteiger partial charge in [0.05, 0.1) is 13.2 Å². The van der Waals surface area contributed by atoms with E-state index in [1.54, 1.807) is 7.11 Å². The molecule has 6 nitrogen and oxygen atoms in total. The van der Waals surface area contributed by atoms with Crippen LogP contribution in [-0.4, -0.2) is 37.0 Å². The quantitative estimate of drug-likeness (QED) is 0.821. The normalized spacial score (nSPS) is 23.2. The van der Waals surface area contributed by atoms with Gasteiger partial charge in [-0.3, -0.25) is 0 Å². The fourth-order valence-corrected chi connectivity index (χ4v) is 1.70. The van der Waals surface area contributed by atoms with Gasteiger partial charge in [-0.1, -0.05) is 12.1 Å². The summed E-state index contributed by atoms with van der Waals surface area (Å²) in [5, 5.41) is 7.19. The lowest BCUT2D eigenvalue weighted by Crippen LogP contribution is -2.34. The van der Waals surface area contributed by atoms with E-state index in [2.05, 4.69) is 15.5 Å². The summed E-state index contributed by atoms with van der Waals surface area (Å²) in [6.07, 6.45) is 0.728. The molecule has 90 valence electrons. The largest absolute Gasteiger partial charge is 0.378 e. The van der Waals surface area contributed by atoms with Gasteiger partial charge in [0, 0.05) is 13.7 Å². The summed E-state index contributed by atoms with van der Waals surface area (Å²) in [5.41, 5.74) is 0. The molecular weight excluding hydrogens is 210 g/mol. The molecule has 2 atom stereocenters. The van der Waals surface area contributed by atoms with Gasteiger partial charge in [-0.2, -0.15) is 4.98 Å². The van der Waals surface area contributed by atoms with Gasteiger partial charge in [-0.15, -0.1) is 0 Å². The molecule has 0 amide bonds. The van der Waals surface area contributed by atoms with Crippen LogP contribution in [0.3, 0.4) is 0 Å². The third-order valence-electron chi connectivity index (χ3n) is 2.62. The summed E-state index contributed by atoms with van der Waals surface area (Å²) in [6, 6.07) is 0.00404. The molecule has 2 unspecified atom stereocenters. The molecule has 16 heavy (non-hydrogen) atoms. The number of morpholine rings is 1. The second kappa shape index (κ2) is 5.38. The highest BCUT2D eigenvalue weighted by atomic mass is 16.5. The first kappa shape index (κ1) is 11.5. The number of nitrogens with one attached hydrogen (secondary N) is 1. The molecule has 1 N–H and O–H groups in total. The highest BCUT2D eigenvalue weighted by Gasteiger charge is 2.23. The van der Waals surface area contributed by atoms with E-state index < -0.39 is 0 Å². The monoisotopic (exact) mass is 227 g/mol. The number of ether oxygens (including phenoxy) is 2. The van der Waals surface area contributed by atoms with Crippen LogP contribution in [0.5, 0.6) is 0 Å². The highest BCUT2D eigenvalue weighted by Crippen LogP contribution is 2.20. The van der Waals surface area contributed by atoms with Gasteiger partial charge in [-0.05, 0) is 6.42 Å². The molecule has 0 aromatic carbocycles. The Balaban J connectivity index is 2.05. The average molecular weight is 227 g/mol. The van der Waals surface area contributed by atoms with Crippen LogP contribution in [-0.2, 0) is 9.47 Å². The van der Waals surface area contributed by atoms with Crippen LogP contribution < -0.4 is 5.32 Å². The lowest BCUT2D eigenvalue weighted by atomic mass is 10.2. The Bertz CT molecular complexity index is 319. The molecule has 1 aliphatic rings. The maximum absolute atomic E-state index is 5.34. The van der Waals surface area contributed by atoms with Crippen molar-refractivity contribution in [2.24, 2.45) is 0 Å². The minimum absolute atomic E-state index is 0.00404. The molecule has 2 rings (SSSR count). The first-order valence-electron chi connectivity index (χ1n) is 5.52. The molecule has 2 heterocycles.